The van der Waals surface area contributed by atoms with Crippen LogP contribution in [0.1, 0.15) is 42.9 Å². The maximum Gasteiger partial charge on any atom is 0.0857 e. The topological polar surface area (TPSA) is 50.5 Å². The van der Waals surface area contributed by atoms with Crippen LogP contribution in [-0.4, -0.2) is 44.6 Å². The number of piperidine rings is 1. The summed E-state index contributed by atoms with van der Waals surface area (Å²) in [5.74, 6) is 0. The highest BCUT2D eigenvalue weighted by atomic mass is 16.5. The molecule has 2 atom stereocenters. The fraction of sp³-hybridized carbons (Fsp3) is 0.550. The van der Waals surface area contributed by atoms with Crippen molar-refractivity contribution in [1.82, 2.24) is 14.7 Å². The van der Waals surface area contributed by atoms with Crippen molar-refractivity contribution in [3.63, 3.8) is 0 Å². The van der Waals surface area contributed by atoms with E-state index in [9.17, 15) is 5.11 Å². The van der Waals surface area contributed by atoms with E-state index in [0.29, 0.717) is 6.42 Å². The Labute approximate surface area is 149 Å². The molecule has 1 aromatic carbocycles. The van der Waals surface area contributed by atoms with Crippen LogP contribution in [0.2, 0.25) is 0 Å². The SMILES string of the molecule is Cn1cc(CN2CCC3(CC2)C[C@H](O)C[C@H](c2ccccc2)O3)cn1. The van der Waals surface area contributed by atoms with Crippen molar-refractivity contribution in [1.29, 1.82) is 0 Å². The molecule has 0 amide bonds. The van der Waals surface area contributed by atoms with E-state index in [1.54, 1.807) is 0 Å². The van der Waals surface area contributed by atoms with Gasteiger partial charge in [-0.3, -0.25) is 9.58 Å². The van der Waals surface area contributed by atoms with Crippen LogP contribution in [0.5, 0.6) is 0 Å². The molecule has 2 aliphatic heterocycles. The van der Waals surface area contributed by atoms with Crippen LogP contribution in [0.15, 0.2) is 42.7 Å². The van der Waals surface area contributed by atoms with E-state index in [1.807, 2.05) is 36.1 Å². The average molecular weight is 341 g/mol. The van der Waals surface area contributed by atoms with Gasteiger partial charge in [0.1, 0.15) is 0 Å². The van der Waals surface area contributed by atoms with Gasteiger partial charge >= 0.3 is 0 Å². The average Bonchev–Trinajstić information content (AvgIpc) is 3.02. The minimum absolute atomic E-state index is 0.00910. The summed E-state index contributed by atoms with van der Waals surface area (Å²) in [5.41, 5.74) is 2.26. The summed E-state index contributed by atoms with van der Waals surface area (Å²) in [6.45, 7) is 2.95. The second-order valence-electron chi connectivity index (χ2n) is 7.59. The molecule has 2 fully saturated rings. The molecular weight excluding hydrogens is 314 g/mol. The number of nitrogens with zero attached hydrogens (tertiary/aromatic N) is 3. The highest BCUT2D eigenvalue weighted by Crippen LogP contribution is 2.43. The lowest BCUT2D eigenvalue weighted by atomic mass is 9.81. The summed E-state index contributed by atoms with van der Waals surface area (Å²) in [5, 5.41) is 14.7. The Morgan fingerprint density at radius 2 is 2.00 bits per heavy atom. The van der Waals surface area contributed by atoms with Crippen molar-refractivity contribution in [2.45, 2.75) is 50.0 Å². The van der Waals surface area contributed by atoms with E-state index < -0.39 is 0 Å². The van der Waals surface area contributed by atoms with Crippen LogP contribution in [0, 0.1) is 0 Å². The number of aliphatic hydroxyl groups excluding tert-OH is 1. The quantitative estimate of drug-likeness (QED) is 0.932. The Morgan fingerprint density at radius 3 is 2.68 bits per heavy atom. The fourth-order valence-electron chi connectivity index (χ4n) is 4.28. The maximum absolute atomic E-state index is 10.5. The third-order valence-electron chi connectivity index (χ3n) is 5.59. The van der Waals surface area contributed by atoms with Gasteiger partial charge in [0.25, 0.3) is 0 Å². The van der Waals surface area contributed by atoms with E-state index in [4.69, 9.17) is 4.74 Å². The number of aryl methyl sites for hydroxylation is 1. The van der Waals surface area contributed by atoms with Crippen LogP contribution in [-0.2, 0) is 18.3 Å². The standard InChI is InChI=1S/C20H27N3O2/c1-22-14-16(13-21-22)15-23-9-7-20(8-10-23)12-18(24)11-19(25-20)17-5-3-2-4-6-17/h2-6,13-14,18-19,24H,7-12,15H2,1H3/t18-,19-/m1/s1. The summed E-state index contributed by atoms with van der Waals surface area (Å²) in [4.78, 5) is 2.46. The molecular formula is C20H27N3O2. The molecule has 2 saturated heterocycles. The first-order valence-corrected chi connectivity index (χ1v) is 9.23. The molecule has 0 radical (unpaired) electrons. The zero-order valence-electron chi connectivity index (χ0n) is 14.8. The number of benzene rings is 1. The molecule has 0 saturated carbocycles. The van der Waals surface area contributed by atoms with Crippen LogP contribution >= 0.6 is 0 Å². The first-order valence-electron chi connectivity index (χ1n) is 9.23. The first-order chi connectivity index (χ1) is 12.1. The van der Waals surface area contributed by atoms with Gasteiger partial charge in [-0.15, -0.1) is 0 Å². The number of hydrogen-bond donors (Lipinski definition) is 1. The van der Waals surface area contributed by atoms with Gasteiger partial charge in [0.2, 0.25) is 0 Å². The van der Waals surface area contributed by atoms with Gasteiger partial charge in [-0.25, -0.2) is 0 Å². The second kappa shape index (κ2) is 6.90. The van der Waals surface area contributed by atoms with Gasteiger partial charge in [0.15, 0.2) is 0 Å². The molecule has 1 aromatic heterocycles. The third kappa shape index (κ3) is 3.78. The van der Waals surface area contributed by atoms with Crippen LogP contribution < -0.4 is 0 Å². The Bertz CT molecular complexity index is 692. The van der Waals surface area contributed by atoms with Gasteiger partial charge in [-0.1, -0.05) is 30.3 Å². The molecule has 2 aliphatic rings. The number of aromatic nitrogens is 2. The highest BCUT2D eigenvalue weighted by Gasteiger charge is 2.43. The zero-order chi connectivity index (χ0) is 17.3. The van der Waals surface area contributed by atoms with Crippen molar-refractivity contribution in [2.75, 3.05) is 13.1 Å². The molecule has 2 aromatic rings. The van der Waals surface area contributed by atoms with Gasteiger partial charge in [-0.05, 0) is 18.4 Å². The monoisotopic (exact) mass is 341 g/mol. The van der Waals surface area contributed by atoms with Crippen molar-refractivity contribution in [3.05, 3.63) is 53.9 Å². The highest BCUT2D eigenvalue weighted by molar-refractivity contribution is 5.19. The number of hydrogen-bond acceptors (Lipinski definition) is 4. The van der Waals surface area contributed by atoms with Gasteiger partial charge in [0.05, 0.1) is 24.0 Å². The maximum atomic E-state index is 10.5. The van der Waals surface area contributed by atoms with E-state index >= 15 is 0 Å². The molecule has 5 nitrogen and oxygen atoms in total. The summed E-state index contributed by atoms with van der Waals surface area (Å²) in [6, 6.07) is 10.3. The van der Waals surface area contributed by atoms with Crippen molar-refractivity contribution >= 4 is 0 Å². The minimum atomic E-state index is -0.274. The molecule has 134 valence electrons. The van der Waals surface area contributed by atoms with E-state index in [0.717, 1.165) is 38.9 Å². The lowest BCUT2D eigenvalue weighted by Crippen LogP contribution is -2.50. The molecule has 1 N–H and O–H groups in total. The Kier molecular flexibility index (Phi) is 4.63. The molecule has 0 unspecified atom stereocenters. The van der Waals surface area contributed by atoms with Crippen molar-refractivity contribution in [2.24, 2.45) is 7.05 Å². The van der Waals surface area contributed by atoms with Gasteiger partial charge in [-0.2, -0.15) is 5.10 Å². The summed E-state index contributed by atoms with van der Waals surface area (Å²) in [7, 11) is 1.95. The minimum Gasteiger partial charge on any atom is -0.393 e. The lowest BCUT2D eigenvalue weighted by molar-refractivity contribution is -0.184. The molecule has 0 aliphatic carbocycles. The molecule has 3 heterocycles. The normalized spacial score (nSPS) is 26.8. The van der Waals surface area contributed by atoms with E-state index in [2.05, 4.69) is 28.3 Å². The predicted octanol–water partition coefficient (Wildman–Crippen LogP) is 2.67. The Balaban J connectivity index is 1.40. The molecule has 25 heavy (non-hydrogen) atoms. The Hall–Kier alpha value is -1.69. The van der Waals surface area contributed by atoms with Crippen LogP contribution in [0.3, 0.4) is 0 Å². The predicted molar refractivity (Wildman–Crippen MR) is 96.0 cm³/mol. The molecule has 5 heteroatoms. The number of rotatable bonds is 3. The molecule has 4 rings (SSSR count). The number of likely N-dealkylation sites (tertiary alicyclic amines) is 1. The van der Waals surface area contributed by atoms with Gasteiger partial charge in [0, 0.05) is 51.3 Å². The summed E-state index contributed by atoms with van der Waals surface area (Å²) < 4.78 is 8.42. The fourth-order valence-corrected chi connectivity index (χ4v) is 4.28. The van der Waals surface area contributed by atoms with Crippen LogP contribution in [0.25, 0.3) is 0 Å². The van der Waals surface area contributed by atoms with Crippen molar-refractivity contribution < 1.29 is 9.84 Å². The molecule has 0 bridgehead atoms. The molecule has 1 spiro atoms. The number of aliphatic hydroxyl groups is 1. The van der Waals surface area contributed by atoms with E-state index in [-0.39, 0.29) is 17.8 Å². The smallest absolute Gasteiger partial charge is 0.0857 e. The summed E-state index contributed by atoms with van der Waals surface area (Å²) >= 11 is 0. The number of ether oxygens (including phenoxy) is 1. The zero-order valence-corrected chi connectivity index (χ0v) is 14.8. The second-order valence-corrected chi connectivity index (χ2v) is 7.59. The van der Waals surface area contributed by atoms with Crippen LogP contribution in [0.4, 0.5) is 0 Å². The summed E-state index contributed by atoms with van der Waals surface area (Å²) in [6.07, 6.45) is 7.18. The third-order valence-corrected chi connectivity index (χ3v) is 5.59. The van der Waals surface area contributed by atoms with Crippen molar-refractivity contribution in [3.8, 4) is 0 Å². The van der Waals surface area contributed by atoms with Gasteiger partial charge < -0.3 is 9.84 Å². The lowest BCUT2D eigenvalue weighted by Gasteiger charge is -2.48. The largest absolute Gasteiger partial charge is 0.393 e. The first kappa shape index (κ1) is 16.8. The Morgan fingerprint density at radius 1 is 1.24 bits per heavy atom. The van der Waals surface area contributed by atoms with E-state index in [1.165, 1.54) is 11.1 Å².